The van der Waals surface area contributed by atoms with Gasteiger partial charge in [-0.3, -0.25) is 4.98 Å². The van der Waals surface area contributed by atoms with Gasteiger partial charge in [0.05, 0.1) is 11.8 Å². The molecule has 0 aliphatic heterocycles. The molecule has 0 amide bonds. The van der Waals surface area contributed by atoms with Gasteiger partial charge in [-0.2, -0.15) is 0 Å². The van der Waals surface area contributed by atoms with Crippen LogP contribution in [0.2, 0.25) is 0 Å². The molecule has 0 aliphatic rings. The average Bonchev–Trinajstić information content (AvgIpc) is 2.15. The minimum absolute atomic E-state index is 0.476. The smallest absolute Gasteiger partial charge is 0.144 e. The highest BCUT2D eigenvalue weighted by Gasteiger charge is 2.21. The fourth-order valence-corrected chi connectivity index (χ4v) is 1.62. The summed E-state index contributed by atoms with van der Waals surface area (Å²) in [6.45, 7) is 6.51. The Bertz CT molecular complexity index is 285. The van der Waals surface area contributed by atoms with Gasteiger partial charge in [0.2, 0.25) is 0 Å². The minimum atomic E-state index is -0.703. The highest BCUT2D eigenvalue weighted by Crippen LogP contribution is 2.16. The van der Waals surface area contributed by atoms with E-state index < -0.39 is 5.60 Å². The molecule has 1 atom stereocenters. The first-order valence-corrected chi connectivity index (χ1v) is 5.22. The van der Waals surface area contributed by atoms with Crippen molar-refractivity contribution >= 4 is 5.82 Å². The second kappa shape index (κ2) is 5.07. The van der Waals surface area contributed by atoms with Gasteiger partial charge < -0.3 is 10.4 Å². The monoisotopic (exact) mass is 209 g/mol. The maximum absolute atomic E-state index is 10.0. The van der Waals surface area contributed by atoms with Crippen molar-refractivity contribution in [3.8, 4) is 0 Å². The standard InChI is InChI=1S/C11H19N3O/c1-9(2)6-11(3,15)8-14-10-7-12-4-5-13-10/h4-5,7,9,15H,6,8H2,1-3H3,(H,13,14). The number of rotatable bonds is 5. The van der Waals surface area contributed by atoms with Crippen molar-refractivity contribution in [3.63, 3.8) is 0 Å². The van der Waals surface area contributed by atoms with Crippen LogP contribution in [0.4, 0.5) is 5.82 Å². The van der Waals surface area contributed by atoms with Crippen LogP contribution >= 0.6 is 0 Å². The van der Waals surface area contributed by atoms with Crippen LogP contribution in [0.1, 0.15) is 27.2 Å². The molecule has 4 nitrogen and oxygen atoms in total. The zero-order chi connectivity index (χ0) is 11.3. The Hall–Kier alpha value is -1.16. The summed E-state index contributed by atoms with van der Waals surface area (Å²) in [5, 5.41) is 13.1. The largest absolute Gasteiger partial charge is 0.388 e. The summed E-state index contributed by atoms with van der Waals surface area (Å²) >= 11 is 0. The van der Waals surface area contributed by atoms with Crippen molar-refractivity contribution in [1.29, 1.82) is 0 Å². The summed E-state index contributed by atoms with van der Waals surface area (Å²) in [4.78, 5) is 8.02. The van der Waals surface area contributed by atoms with Crippen LogP contribution in [0, 0.1) is 5.92 Å². The Labute approximate surface area is 90.8 Å². The summed E-state index contributed by atoms with van der Waals surface area (Å²) < 4.78 is 0. The van der Waals surface area contributed by atoms with Gasteiger partial charge in [0.25, 0.3) is 0 Å². The normalized spacial score (nSPS) is 15.0. The molecule has 15 heavy (non-hydrogen) atoms. The molecule has 1 aromatic rings. The molecule has 4 heteroatoms. The molecule has 0 radical (unpaired) electrons. The van der Waals surface area contributed by atoms with E-state index in [4.69, 9.17) is 0 Å². The number of anilines is 1. The van der Waals surface area contributed by atoms with Crippen molar-refractivity contribution in [2.24, 2.45) is 5.92 Å². The first-order chi connectivity index (χ1) is 6.99. The molecule has 0 saturated heterocycles. The number of hydrogen-bond acceptors (Lipinski definition) is 4. The molecule has 0 spiro atoms. The van der Waals surface area contributed by atoms with Crippen molar-refractivity contribution < 1.29 is 5.11 Å². The maximum Gasteiger partial charge on any atom is 0.144 e. The van der Waals surface area contributed by atoms with Crippen molar-refractivity contribution in [1.82, 2.24) is 9.97 Å². The highest BCUT2D eigenvalue weighted by molar-refractivity contribution is 5.30. The molecule has 0 aromatic carbocycles. The van der Waals surface area contributed by atoms with Crippen LogP contribution in [-0.4, -0.2) is 27.2 Å². The molecule has 1 heterocycles. The first kappa shape index (κ1) is 11.9. The third-order valence-electron chi connectivity index (χ3n) is 2.06. The number of nitrogens with one attached hydrogen (secondary N) is 1. The Morgan fingerprint density at radius 2 is 2.20 bits per heavy atom. The lowest BCUT2D eigenvalue weighted by atomic mass is 9.94. The average molecular weight is 209 g/mol. The summed E-state index contributed by atoms with van der Waals surface area (Å²) in [6.07, 6.45) is 5.66. The maximum atomic E-state index is 10.0. The van der Waals surface area contributed by atoms with E-state index in [1.54, 1.807) is 18.6 Å². The topological polar surface area (TPSA) is 58.0 Å². The molecular formula is C11H19N3O. The minimum Gasteiger partial charge on any atom is -0.388 e. The lowest BCUT2D eigenvalue weighted by Crippen LogP contribution is -2.35. The Balaban J connectivity index is 2.42. The van der Waals surface area contributed by atoms with Crippen LogP contribution in [0.3, 0.4) is 0 Å². The third kappa shape index (κ3) is 4.74. The van der Waals surface area contributed by atoms with Crippen LogP contribution < -0.4 is 5.32 Å². The van der Waals surface area contributed by atoms with Crippen LogP contribution in [-0.2, 0) is 0 Å². The van der Waals surface area contributed by atoms with E-state index in [1.165, 1.54) is 0 Å². The summed E-state index contributed by atoms with van der Waals surface area (Å²) in [6, 6.07) is 0. The fourth-order valence-electron chi connectivity index (χ4n) is 1.62. The fraction of sp³-hybridized carbons (Fsp3) is 0.636. The van der Waals surface area contributed by atoms with E-state index in [0.29, 0.717) is 18.3 Å². The van der Waals surface area contributed by atoms with Gasteiger partial charge in [-0.1, -0.05) is 13.8 Å². The van der Waals surface area contributed by atoms with E-state index in [9.17, 15) is 5.11 Å². The predicted molar refractivity (Wildman–Crippen MR) is 60.6 cm³/mol. The van der Waals surface area contributed by atoms with Gasteiger partial charge in [-0.25, -0.2) is 4.98 Å². The molecule has 1 rings (SSSR count). The quantitative estimate of drug-likeness (QED) is 0.774. The Morgan fingerprint density at radius 3 is 2.73 bits per heavy atom. The van der Waals surface area contributed by atoms with E-state index in [2.05, 4.69) is 29.1 Å². The zero-order valence-electron chi connectivity index (χ0n) is 9.57. The third-order valence-corrected chi connectivity index (χ3v) is 2.06. The van der Waals surface area contributed by atoms with Gasteiger partial charge in [0.1, 0.15) is 5.82 Å². The molecule has 1 unspecified atom stereocenters. The summed E-state index contributed by atoms with van der Waals surface area (Å²) in [7, 11) is 0. The molecule has 84 valence electrons. The van der Waals surface area contributed by atoms with E-state index in [-0.39, 0.29) is 0 Å². The molecule has 0 saturated carbocycles. The number of aliphatic hydroxyl groups is 1. The molecule has 2 N–H and O–H groups in total. The second-order valence-electron chi connectivity index (χ2n) is 4.54. The molecular weight excluding hydrogens is 190 g/mol. The van der Waals surface area contributed by atoms with Gasteiger partial charge in [0, 0.05) is 18.9 Å². The van der Waals surface area contributed by atoms with Crippen LogP contribution in [0.25, 0.3) is 0 Å². The van der Waals surface area contributed by atoms with Crippen molar-refractivity contribution in [3.05, 3.63) is 18.6 Å². The van der Waals surface area contributed by atoms with Crippen molar-refractivity contribution in [2.45, 2.75) is 32.8 Å². The molecule has 1 aromatic heterocycles. The predicted octanol–water partition coefficient (Wildman–Crippen LogP) is 1.69. The lowest BCUT2D eigenvalue weighted by Gasteiger charge is -2.25. The van der Waals surface area contributed by atoms with Crippen molar-refractivity contribution in [2.75, 3.05) is 11.9 Å². The first-order valence-electron chi connectivity index (χ1n) is 5.22. The van der Waals surface area contributed by atoms with Gasteiger partial charge in [-0.15, -0.1) is 0 Å². The van der Waals surface area contributed by atoms with Crippen LogP contribution in [0.5, 0.6) is 0 Å². The number of aromatic nitrogens is 2. The zero-order valence-corrected chi connectivity index (χ0v) is 9.57. The SMILES string of the molecule is CC(C)CC(C)(O)CNc1cnccn1. The summed E-state index contributed by atoms with van der Waals surface area (Å²) in [5.74, 6) is 1.17. The van der Waals surface area contributed by atoms with Gasteiger partial charge in [0.15, 0.2) is 0 Å². The second-order valence-corrected chi connectivity index (χ2v) is 4.54. The highest BCUT2D eigenvalue weighted by atomic mass is 16.3. The summed E-state index contributed by atoms with van der Waals surface area (Å²) in [5.41, 5.74) is -0.703. The van der Waals surface area contributed by atoms with Gasteiger partial charge in [-0.05, 0) is 19.3 Å². The Morgan fingerprint density at radius 1 is 1.47 bits per heavy atom. The van der Waals surface area contributed by atoms with Crippen LogP contribution in [0.15, 0.2) is 18.6 Å². The number of hydrogen-bond donors (Lipinski definition) is 2. The van der Waals surface area contributed by atoms with E-state index in [1.807, 2.05) is 6.92 Å². The van der Waals surface area contributed by atoms with E-state index >= 15 is 0 Å². The van der Waals surface area contributed by atoms with E-state index in [0.717, 1.165) is 6.42 Å². The Kier molecular flexibility index (Phi) is 4.03. The molecule has 0 bridgehead atoms. The van der Waals surface area contributed by atoms with Gasteiger partial charge >= 0.3 is 0 Å². The molecule has 0 fully saturated rings. The number of nitrogens with zero attached hydrogens (tertiary/aromatic N) is 2. The molecule has 0 aliphatic carbocycles. The lowest BCUT2D eigenvalue weighted by molar-refractivity contribution is 0.0515.